The van der Waals surface area contributed by atoms with E-state index < -0.39 is 0 Å². The Bertz CT molecular complexity index is 392. The van der Waals surface area contributed by atoms with Gasteiger partial charge in [0, 0.05) is 13.1 Å². The van der Waals surface area contributed by atoms with Crippen molar-refractivity contribution in [3.05, 3.63) is 34.4 Å². The first-order valence-corrected chi connectivity index (χ1v) is 6.25. The Balaban J connectivity index is 2.61. The maximum absolute atomic E-state index is 8.88. The summed E-state index contributed by atoms with van der Waals surface area (Å²) in [5.41, 5.74) is 5.34. The van der Waals surface area contributed by atoms with Crippen LogP contribution in [0.1, 0.15) is 35.6 Å². The second-order valence-electron chi connectivity index (χ2n) is 4.74. The number of hydrogen-bond donors (Lipinski definition) is 1. The summed E-state index contributed by atoms with van der Waals surface area (Å²) in [5, 5.41) is 12.3. The molecule has 1 unspecified atom stereocenters. The van der Waals surface area contributed by atoms with Crippen LogP contribution >= 0.6 is 0 Å². The van der Waals surface area contributed by atoms with Crippen molar-refractivity contribution < 1.29 is 0 Å². The minimum absolute atomic E-state index is 0.126. The summed E-state index contributed by atoms with van der Waals surface area (Å²) in [6.45, 7) is 10.1. The van der Waals surface area contributed by atoms with E-state index in [-0.39, 0.29) is 5.92 Å². The zero-order valence-electron chi connectivity index (χ0n) is 11.3. The summed E-state index contributed by atoms with van der Waals surface area (Å²) >= 11 is 0. The first-order valence-electron chi connectivity index (χ1n) is 6.25. The minimum Gasteiger partial charge on any atom is -0.311 e. The molecule has 2 heteroatoms. The molecule has 0 aromatic heterocycles. The number of nitriles is 1. The first-order chi connectivity index (χ1) is 8.08. The van der Waals surface area contributed by atoms with E-state index in [1.165, 1.54) is 22.3 Å². The molecule has 1 atom stereocenters. The number of nitrogens with one attached hydrogen (secondary N) is 1. The van der Waals surface area contributed by atoms with Crippen LogP contribution in [0.15, 0.2) is 12.1 Å². The summed E-state index contributed by atoms with van der Waals surface area (Å²) in [6.07, 6.45) is 0.912. The lowest BCUT2D eigenvalue weighted by Gasteiger charge is -2.13. The average Bonchev–Trinajstić information content (AvgIpc) is 2.27. The molecule has 0 spiro atoms. The minimum atomic E-state index is 0.126. The van der Waals surface area contributed by atoms with E-state index in [0.717, 1.165) is 19.5 Å². The van der Waals surface area contributed by atoms with Crippen LogP contribution in [0.3, 0.4) is 0 Å². The van der Waals surface area contributed by atoms with Gasteiger partial charge in [-0.15, -0.1) is 0 Å². The molecular weight excluding hydrogens is 208 g/mol. The van der Waals surface area contributed by atoms with Gasteiger partial charge >= 0.3 is 0 Å². The lowest BCUT2D eigenvalue weighted by molar-refractivity contribution is 0.551. The van der Waals surface area contributed by atoms with Gasteiger partial charge < -0.3 is 5.32 Å². The van der Waals surface area contributed by atoms with Gasteiger partial charge in [-0.25, -0.2) is 0 Å². The fourth-order valence-electron chi connectivity index (χ4n) is 2.14. The molecule has 0 bridgehead atoms. The Morgan fingerprint density at radius 1 is 1.24 bits per heavy atom. The van der Waals surface area contributed by atoms with Crippen LogP contribution in [0.5, 0.6) is 0 Å². The molecule has 0 fully saturated rings. The largest absolute Gasteiger partial charge is 0.311 e. The van der Waals surface area contributed by atoms with Crippen LogP contribution in [-0.2, 0) is 6.54 Å². The summed E-state index contributed by atoms with van der Waals surface area (Å²) in [5.74, 6) is 0.126. The highest BCUT2D eigenvalue weighted by Crippen LogP contribution is 2.16. The second kappa shape index (κ2) is 6.42. The van der Waals surface area contributed by atoms with Gasteiger partial charge in [0.25, 0.3) is 0 Å². The fourth-order valence-corrected chi connectivity index (χ4v) is 2.14. The molecule has 1 aromatic rings. The Kier molecular flexibility index (Phi) is 5.18. The molecule has 0 aliphatic heterocycles. The number of rotatable bonds is 5. The number of aryl methyl sites for hydroxylation is 3. The lowest BCUT2D eigenvalue weighted by atomic mass is 9.99. The van der Waals surface area contributed by atoms with Crippen molar-refractivity contribution >= 4 is 0 Å². The molecule has 1 rings (SSSR count). The number of hydrogen-bond acceptors (Lipinski definition) is 2. The van der Waals surface area contributed by atoms with Gasteiger partial charge in [-0.1, -0.05) is 24.6 Å². The van der Waals surface area contributed by atoms with Gasteiger partial charge in [0.2, 0.25) is 0 Å². The van der Waals surface area contributed by atoms with Crippen LogP contribution in [-0.4, -0.2) is 6.54 Å². The molecule has 0 saturated carbocycles. The smallest absolute Gasteiger partial charge is 0.0669 e. The van der Waals surface area contributed by atoms with Crippen molar-refractivity contribution in [2.75, 3.05) is 6.54 Å². The third-order valence-electron chi connectivity index (χ3n) is 3.21. The van der Waals surface area contributed by atoms with Gasteiger partial charge in [-0.05, 0) is 43.9 Å². The predicted octanol–water partition coefficient (Wildman–Crippen LogP) is 3.25. The van der Waals surface area contributed by atoms with Crippen LogP contribution in [0.25, 0.3) is 0 Å². The molecule has 0 aliphatic carbocycles. The Hall–Kier alpha value is -1.33. The summed E-state index contributed by atoms with van der Waals surface area (Å²) in [7, 11) is 0. The predicted molar refractivity (Wildman–Crippen MR) is 71.8 cm³/mol. The van der Waals surface area contributed by atoms with Crippen molar-refractivity contribution in [2.45, 2.75) is 40.7 Å². The molecule has 1 aromatic carbocycles. The molecule has 2 nitrogen and oxygen atoms in total. The van der Waals surface area contributed by atoms with Crippen LogP contribution < -0.4 is 5.32 Å². The van der Waals surface area contributed by atoms with Gasteiger partial charge in [0.1, 0.15) is 0 Å². The van der Waals surface area contributed by atoms with Gasteiger partial charge in [-0.2, -0.15) is 5.26 Å². The van der Waals surface area contributed by atoms with E-state index in [4.69, 9.17) is 5.26 Å². The molecule has 0 radical (unpaired) electrons. The monoisotopic (exact) mass is 230 g/mol. The average molecular weight is 230 g/mol. The highest BCUT2D eigenvalue weighted by atomic mass is 14.9. The number of benzene rings is 1. The SMILES string of the molecule is CCC(C#N)CNCc1c(C)cc(C)cc1C. The van der Waals surface area contributed by atoms with E-state index in [2.05, 4.69) is 51.2 Å². The molecule has 1 N–H and O–H groups in total. The van der Waals surface area contributed by atoms with E-state index in [9.17, 15) is 0 Å². The van der Waals surface area contributed by atoms with Crippen molar-refractivity contribution in [1.82, 2.24) is 5.32 Å². The van der Waals surface area contributed by atoms with Gasteiger partial charge in [0.05, 0.1) is 12.0 Å². The van der Waals surface area contributed by atoms with Gasteiger partial charge in [-0.3, -0.25) is 0 Å². The highest BCUT2D eigenvalue weighted by molar-refractivity contribution is 5.37. The van der Waals surface area contributed by atoms with E-state index in [1.54, 1.807) is 0 Å². The number of nitrogens with zero attached hydrogens (tertiary/aromatic N) is 1. The first kappa shape index (κ1) is 13.7. The normalized spacial score (nSPS) is 12.2. The molecule has 0 amide bonds. The zero-order chi connectivity index (χ0) is 12.8. The summed E-state index contributed by atoms with van der Waals surface area (Å²) < 4.78 is 0. The molecular formula is C15H22N2. The summed E-state index contributed by atoms with van der Waals surface area (Å²) in [4.78, 5) is 0. The Morgan fingerprint density at radius 2 is 1.82 bits per heavy atom. The second-order valence-corrected chi connectivity index (χ2v) is 4.74. The Labute approximate surface area is 105 Å². The van der Waals surface area contributed by atoms with Crippen molar-refractivity contribution in [3.8, 4) is 6.07 Å². The van der Waals surface area contributed by atoms with Crippen molar-refractivity contribution in [3.63, 3.8) is 0 Å². The third-order valence-corrected chi connectivity index (χ3v) is 3.21. The fraction of sp³-hybridized carbons (Fsp3) is 0.533. The molecule has 0 saturated heterocycles. The van der Waals surface area contributed by atoms with E-state index >= 15 is 0 Å². The Morgan fingerprint density at radius 3 is 2.29 bits per heavy atom. The van der Waals surface area contributed by atoms with E-state index in [0.29, 0.717) is 0 Å². The molecule has 92 valence electrons. The van der Waals surface area contributed by atoms with Crippen LogP contribution in [0.2, 0.25) is 0 Å². The lowest BCUT2D eigenvalue weighted by Crippen LogP contribution is -2.22. The zero-order valence-corrected chi connectivity index (χ0v) is 11.3. The van der Waals surface area contributed by atoms with Gasteiger partial charge in [0.15, 0.2) is 0 Å². The van der Waals surface area contributed by atoms with Crippen molar-refractivity contribution in [1.29, 1.82) is 5.26 Å². The third kappa shape index (κ3) is 3.87. The maximum atomic E-state index is 8.88. The van der Waals surface area contributed by atoms with Crippen molar-refractivity contribution in [2.24, 2.45) is 5.92 Å². The quantitative estimate of drug-likeness (QED) is 0.842. The molecule has 0 aliphatic rings. The topological polar surface area (TPSA) is 35.8 Å². The summed E-state index contributed by atoms with van der Waals surface area (Å²) in [6, 6.07) is 6.74. The molecule has 0 heterocycles. The van der Waals surface area contributed by atoms with E-state index in [1.807, 2.05) is 0 Å². The van der Waals surface area contributed by atoms with Crippen LogP contribution in [0, 0.1) is 38.0 Å². The van der Waals surface area contributed by atoms with Crippen LogP contribution in [0.4, 0.5) is 0 Å². The maximum Gasteiger partial charge on any atom is 0.0669 e. The molecule has 17 heavy (non-hydrogen) atoms. The standard InChI is InChI=1S/C15H22N2/c1-5-14(8-16)9-17-10-15-12(3)6-11(2)7-13(15)4/h6-7,14,17H,5,9-10H2,1-4H3. The highest BCUT2D eigenvalue weighted by Gasteiger charge is 2.06.